The molecule has 3 nitrogen and oxygen atoms in total. The lowest BCUT2D eigenvalue weighted by Gasteiger charge is -2.27. The van der Waals surface area contributed by atoms with E-state index in [-0.39, 0.29) is 0 Å². The van der Waals surface area contributed by atoms with Gasteiger partial charge in [0.2, 0.25) is 0 Å². The van der Waals surface area contributed by atoms with Gasteiger partial charge in [0.1, 0.15) is 5.78 Å². The molecule has 1 fully saturated rings. The Kier molecular flexibility index (Phi) is 4.68. The third kappa shape index (κ3) is 3.89. The molecule has 1 aromatic heterocycles. The summed E-state index contributed by atoms with van der Waals surface area (Å²) in [6.45, 7) is 4.43. The molecule has 1 aromatic rings. The Hall–Kier alpha value is -0.740. The molecule has 0 aromatic carbocycles. The Morgan fingerprint density at radius 1 is 1.71 bits per heavy atom. The van der Waals surface area contributed by atoms with Gasteiger partial charge in [0, 0.05) is 23.9 Å². The molecule has 2 atom stereocenters. The van der Waals surface area contributed by atoms with E-state index >= 15 is 0 Å². The quantitative estimate of drug-likeness (QED) is 0.874. The van der Waals surface area contributed by atoms with Gasteiger partial charge in [-0.1, -0.05) is 6.92 Å². The third-order valence-electron chi connectivity index (χ3n) is 3.54. The number of aromatic nitrogens is 1. The average molecular weight is 252 g/mol. The van der Waals surface area contributed by atoms with E-state index in [0.717, 1.165) is 18.0 Å². The number of carbonyl (C=O) groups is 1. The monoisotopic (exact) mass is 252 g/mol. The van der Waals surface area contributed by atoms with Crippen LogP contribution in [-0.2, 0) is 11.2 Å². The second-order valence-electron chi connectivity index (χ2n) is 4.97. The normalized spacial score (nSPS) is 22.3. The molecule has 2 rings (SSSR count). The fourth-order valence-corrected chi connectivity index (χ4v) is 3.11. The SMILES string of the molecule is CC(CC(=O)Cc1cncs1)C1CCCNC1. The van der Waals surface area contributed by atoms with Gasteiger partial charge in [0.05, 0.1) is 5.51 Å². The van der Waals surface area contributed by atoms with Gasteiger partial charge in [-0.2, -0.15) is 0 Å². The molecular formula is C13H20N2OS. The molecule has 1 saturated heterocycles. The van der Waals surface area contributed by atoms with Crippen molar-refractivity contribution in [1.29, 1.82) is 0 Å². The van der Waals surface area contributed by atoms with Crippen molar-refractivity contribution in [2.75, 3.05) is 13.1 Å². The number of ketones is 1. The average Bonchev–Trinajstić information content (AvgIpc) is 2.82. The zero-order valence-corrected chi connectivity index (χ0v) is 11.1. The Labute approximate surface area is 107 Å². The predicted molar refractivity (Wildman–Crippen MR) is 70.2 cm³/mol. The van der Waals surface area contributed by atoms with Gasteiger partial charge in [-0.25, -0.2) is 0 Å². The van der Waals surface area contributed by atoms with Crippen molar-refractivity contribution in [3.8, 4) is 0 Å². The minimum atomic E-state index is 0.354. The van der Waals surface area contributed by atoms with Crippen molar-refractivity contribution >= 4 is 17.1 Å². The molecule has 0 aliphatic carbocycles. The summed E-state index contributed by atoms with van der Waals surface area (Å²) in [4.78, 5) is 17.0. The number of rotatable bonds is 5. The highest BCUT2D eigenvalue weighted by molar-refractivity contribution is 7.09. The lowest BCUT2D eigenvalue weighted by Crippen LogP contribution is -2.34. The van der Waals surface area contributed by atoms with Gasteiger partial charge in [0.25, 0.3) is 0 Å². The van der Waals surface area contributed by atoms with E-state index in [1.54, 1.807) is 23.0 Å². The van der Waals surface area contributed by atoms with E-state index in [2.05, 4.69) is 17.2 Å². The summed E-state index contributed by atoms with van der Waals surface area (Å²) < 4.78 is 0. The number of piperidine rings is 1. The van der Waals surface area contributed by atoms with Crippen molar-refractivity contribution < 1.29 is 4.79 Å². The second kappa shape index (κ2) is 6.26. The number of carbonyl (C=O) groups excluding carboxylic acids is 1. The second-order valence-corrected chi connectivity index (χ2v) is 5.94. The van der Waals surface area contributed by atoms with Crippen LogP contribution >= 0.6 is 11.3 Å². The van der Waals surface area contributed by atoms with Crippen LogP contribution in [0.3, 0.4) is 0 Å². The summed E-state index contributed by atoms with van der Waals surface area (Å²) in [7, 11) is 0. The number of nitrogens with one attached hydrogen (secondary N) is 1. The van der Waals surface area contributed by atoms with Crippen molar-refractivity contribution in [2.24, 2.45) is 11.8 Å². The van der Waals surface area contributed by atoms with Crippen LogP contribution in [0.2, 0.25) is 0 Å². The predicted octanol–water partition coefficient (Wildman–Crippen LogP) is 2.28. The Bertz CT molecular complexity index is 344. The van der Waals surface area contributed by atoms with Gasteiger partial charge in [-0.15, -0.1) is 11.3 Å². The number of hydrogen-bond donors (Lipinski definition) is 1. The Morgan fingerprint density at radius 2 is 2.59 bits per heavy atom. The molecule has 0 spiro atoms. The molecule has 4 heteroatoms. The largest absolute Gasteiger partial charge is 0.316 e. The highest BCUT2D eigenvalue weighted by Gasteiger charge is 2.22. The van der Waals surface area contributed by atoms with Crippen molar-refractivity contribution in [1.82, 2.24) is 10.3 Å². The lowest BCUT2D eigenvalue weighted by atomic mass is 9.84. The summed E-state index contributed by atoms with van der Waals surface area (Å²) in [5.41, 5.74) is 1.79. The first-order valence-electron chi connectivity index (χ1n) is 6.35. The van der Waals surface area contributed by atoms with Crippen molar-refractivity contribution in [3.05, 3.63) is 16.6 Å². The first kappa shape index (κ1) is 12.7. The van der Waals surface area contributed by atoms with Crippen LogP contribution < -0.4 is 5.32 Å². The molecular weight excluding hydrogens is 232 g/mol. The van der Waals surface area contributed by atoms with Gasteiger partial charge in [-0.3, -0.25) is 9.78 Å². The molecule has 0 radical (unpaired) electrons. The maximum Gasteiger partial charge on any atom is 0.138 e. The summed E-state index contributed by atoms with van der Waals surface area (Å²) in [6, 6.07) is 0. The molecule has 1 N–H and O–H groups in total. The number of thiazole rings is 1. The van der Waals surface area contributed by atoms with Crippen molar-refractivity contribution in [2.45, 2.75) is 32.6 Å². The van der Waals surface area contributed by atoms with E-state index < -0.39 is 0 Å². The van der Waals surface area contributed by atoms with E-state index in [0.29, 0.717) is 30.5 Å². The maximum absolute atomic E-state index is 11.9. The highest BCUT2D eigenvalue weighted by Crippen LogP contribution is 2.23. The van der Waals surface area contributed by atoms with Gasteiger partial charge in [-0.05, 0) is 37.8 Å². The van der Waals surface area contributed by atoms with Crippen LogP contribution in [0.25, 0.3) is 0 Å². The molecule has 1 aliphatic rings. The zero-order chi connectivity index (χ0) is 12.1. The maximum atomic E-state index is 11.9. The Morgan fingerprint density at radius 3 is 3.24 bits per heavy atom. The summed E-state index contributed by atoms with van der Waals surface area (Å²) >= 11 is 1.57. The summed E-state index contributed by atoms with van der Waals surface area (Å²) in [5.74, 6) is 1.53. The number of hydrogen-bond acceptors (Lipinski definition) is 4. The van der Waals surface area contributed by atoms with Gasteiger partial charge < -0.3 is 5.32 Å². The molecule has 0 saturated carbocycles. The standard InChI is InChI=1S/C13H20N2OS/c1-10(11-3-2-4-14-7-11)5-12(16)6-13-8-15-9-17-13/h8-11,14H,2-7H2,1H3. The molecule has 0 bridgehead atoms. The van der Waals surface area contributed by atoms with Crippen LogP contribution in [0, 0.1) is 11.8 Å². The number of nitrogens with zero attached hydrogens (tertiary/aromatic N) is 1. The third-order valence-corrected chi connectivity index (χ3v) is 4.32. The molecule has 17 heavy (non-hydrogen) atoms. The van der Waals surface area contributed by atoms with Crippen LogP contribution in [-0.4, -0.2) is 23.9 Å². The molecule has 1 aliphatic heterocycles. The first-order valence-corrected chi connectivity index (χ1v) is 7.23. The van der Waals surface area contributed by atoms with Crippen LogP contribution in [0.4, 0.5) is 0 Å². The van der Waals surface area contributed by atoms with E-state index in [1.807, 2.05) is 0 Å². The molecule has 94 valence electrons. The zero-order valence-electron chi connectivity index (χ0n) is 10.3. The molecule has 0 amide bonds. The van der Waals surface area contributed by atoms with Crippen molar-refractivity contribution in [3.63, 3.8) is 0 Å². The highest BCUT2D eigenvalue weighted by atomic mass is 32.1. The van der Waals surface area contributed by atoms with Crippen LogP contribution in [0.15, 0.2) is 11.7 Å². The number of Topliss-reactive ketones (excluding diaryl/α,β-unsaturated/α-hetero) is 1. The Balaban J connectivity index is 1.77. The summed E-state index contributed by atoms with van der Waals surface area (Å²) in [5, 5.41) is 3.42. The topological polar surface area (TPSA) is 42.0 Å². The van der Waals surface area contributed by atoms with E-state index in [1.165, 1.54) is 12.8 Å². The first-order chi connectivity index (χ1) is 8.25. The van der Waals surface area contributed by atoms with Gasteiger partial charge in [0.15, 0.2) is 0 Å². The molecule has 2 heterocycles. The van der Waals surface area contributed by atoms with Crippen LogP contribution in [0.1, 0.15) is 31.1 Å². The van der Waals surface area contributed by atoms with E-state index in [9.17, 15) is 4.79 Å². The van der Waals surface area contributed by atoms with Gasteiger partial charge >= 0.3 is 0 Å². The van der Waals surface area contributed by atoms with E-state index in [4.69, 9.17) is 0 Å². The lowest BCUT2D eigenvalue weighted by molar-refractivity contribution is -0.119. The smallest absolute Gasteiger partial charge is 0.138 e. The van der Waals surface area contributed by atoms with Crippen LogP contribution in [0.5, 0.6) is 0 Å². The molecule has 2 unspecified atom stereocenters. The fraction of sp³-hybridized carbons (Fsp3) is 0.692. The fourth-order valence-electron chi connectivity index (χ4n) is 2.49. The summed E-state index contributed by atoms with van der Waals surface area (Å²) in [6.07, 6.45) is 5.59. The minimum Gasteiger partial charge on any atom is -0.316 e. The minimum absolute atomic E-state index is 0.354.